The summed E-state index contributed by atoms with van der Waals surface area (Å²) in [4.78, 5) is 11.9. The molecule has 1 heterocycles. The van der Waals surface area contributed by atoms with Crippen molar-refractivity contribution in [3.63, 3.8) is 0 Å². The van der Waals surface area contributed by atoms with Gasteiger partial charge in [0.05, 0.1) is 6.10 Å². The Morgan fingerprint density at radius 1 is 1.28 bits per heavy atom. The van der Waals surface area contributed by atoms with Crippen LogP contribution in [0.4, 0.5) is 13.2 Å². The lowest BCUT2D eigenvalue weighted by Gasteiger charge is -2.31. The first kappa shape index (κ1) is 19.7. The average Bonchev–Trinajstić information content (AvgIpc) is 2.59. The summed E-state index contributed by atoms with van der Waals surface area (Å²) in [6, 6.07) is 5.32. The summed E-state index contributed by atoms with van der Waals surface area (Å²) in [6.07, 6.45) is -1.68. The van der Waals surface area contributed by atoms with Gasteiger partial charge in [0, 0.05) is 0 Å². The molecule has 1 fully saturated rings. The summed E-state index contributed by atoms with van der Waals surface area (Å²) in [5, 5.41) is 0. The first-order valence-electron chi connectivity index (χ1n) is 8.47. The Labute approximate surface area is 145 Å². The van der Waals surface area contributed by atoms with Gasteiger partial charge in [-0.1, -0.05) is 18.6 Å². The monoisotopic (exact) mass is 359 g/mol. The van der Waals surface area contributed by atoms with Crippen molar-refractivity contribution in [3.05, 3.63) is 35.6 Å². The lowest BCUT2D eigenvalue weighted by atomic mass is 9.87. The lowest BCUT2D eigenvalue weighted by molar-refractivity contribution is -0.162. The molecule has 1 aromatic carbocycles. The molecule has 0 saturated carbocycles. The van der Waals surface area contributed by atoms with Gasteiger partial charge in [0.25, 0.3) is 6.43 Å². The molecule has 4 atom stereocenters. The Morgan fingerprint density at radius 3 is 2.60 bits per heavy atom. The molecule has 0 bridgehead atoms. The second-order valence-electron chi connectivity index (χ2n) is 6.46. The summed E-state index contributed by atoms with van der Waals surface area (Å²) in [6.45, 7) is 0.905. The molecule has 2 rings (SSSR count). The third kappa shape index (κ3) is 6.01. The molecule has 4 nitrogen and oxygen atoms in total. The molecular weight excluding hydrogens is 335 g/mol. The molecule has 7 heteroatoms. The predicted molar refractivity (Wildman–Crippen MR) is 86.7 cm³/mol. The molecule has 140 valence electrons. The van der Waals surface area contributed by atoms with E-state index in [9.17, 15) is 18.0 Å². The highest BCUT2D eigenvalue weighted by Gasteiger charge is 2.34. The topological polar surface area (TPSA) is 61.5 Å². The zero-order valence-corrected chi connectivity index (χ0v) is 14.2. The highest BCUT2D eigenvalue weighted by Crippen LogP contribution is 2.27. The zero-order chi connectivity index (χ0) is 18.4. The SMILES string of the molecule is C[C@@H]1OC(=O)[C@@H](N)CCC[C@H](Cc2ccc(F)cc2)[C@H]1OCC(F)F. The van der Waals surface area contributed by atoms with Crippen LogP contribution in [0.5, 0.6) is 0 Å². The molecule has 0 unspecified atom stereocenters. The molecular formula is C18H24F3NO3. The van der Waals surface area contributed by atoms with E-state index in [1.807, 2.05) is 0 Å². The number of esters is 1. The van der Waals surface area contributed by atoms with Gasteiger partial charge >= 0.3 is 5.97 Å². The van der Waals surface area contributed by atoms with Gasteiger partial charge in [-0.05, 0) is 49.8 Å². The molecule has 1 aliphatic rings. The Balaban J connectivity index is 2.18. The normalized spacial score (nSPS) is 28.2. The Kier molecular flexibility index (Phi) is 7.25. The van der Waals surface area contributed by atoms with E-state index in [4.69, 9.17) is 15.2 Å². The van der Waals surface area contributed by atoms with E-state index in [-0.39, 0.29) is 11.7 Å². The molecule has 0 amide bonds. The van der Waals surface area contributed by atoms with Gasteiger partial charge in [0.1, 0.15) is 24.6 Å². The number of alkyl halides is 2. The molecule has 0 radical (unpaired) electrons. The van der Waals surface area contributed by atoms with Crippen molar-refractivity contribution in [3.8, 4) is 0 Å². The van der Waals surface area contributed by atoms with Crippen LogP contribution in [0.25, 0.3) is 0 Å². The standard InChI is InChI=1S/C18H24F3NO3/c1-11-17(24-10-16(20)21)13(3-2-4-15(22)18(23)25-11)9-12-5-7-14(19)8-6-12/h5-8,11,13,15-17H,2-4,9-10,22H2,1H3/t11-,13+,15-,17-/m0/s1. The fourth-order valence-electron chi connectivity index (χ4n) is 3.20. The van der Waals surface area contributed by atoms with Crippen LogP contribution in [0.1, 0.15) is 31.7 Å². The first-order valence-corrected chi connectivity index (χ1v) is 8.47. The second kappa shape index (κ2) is 9.20. The van der Waals surface area contributed by atoms with Gasteiger partial charge in [-0.15, -0.1) is 0 Å². The smallest absolute Gasteiger partial charge is 0.323 e. The minimum Gasteiger partial charge on any atom is -0.459 e. The van der Waals surface area contributed by atoms with Gasteiger partial charge in [-0.25, -0.2) is 13.2 Å². The van der Waals surface area contributed by atoms with Gasteiger partial charge in [-0.3, -0.25) is 4.79 Å². The van der Waals surface area contributed by atoms with Crippen LogP contribution >= 0.6 is 0 Å². The van der Waals surface area contributed by atoms with E-state index in [2.05, 4.69) is 0 Å². The van der Waals surface area contributed by atoms with Crippen molar-refractivity contribution >= 4 is 5.97 Å². The number of halogens is 3. The van der Waals surface area contributed by atoms with Crippen LogP contribution in [-0.4, -0.2) is 37.3 Å². The summed E-state index contributed by atoms with van der Waals surface area (Å²) in [7, 11) is 0. The molecule has 1 aliphatic heterocycles. The van der Waals surface area contributed by atoms with E-state index >= 15 is 0 Å². The number of benzene rings is 1. The zero-order valence-electron chi connectivity index (χ0n) is 14.2. The van der Waals surface area contributed by atoms with Crippen molar-refractivity contribution < 1.29 is 27.4 Å². The molecule has 2 N–H and O–H groups in total. The fourth-order valence-corrected chi connectivity index (χ4v) is 3.20. The molecule has 0 spiro atoms. The summed E-state index contributed by atoms with van der Waals surface area (Å²) in [5.41, 5.74) is 6.66. The maximum absolute atomic E-state index is 13.1. The first-order chi connectivity index (χ1) is 11.9. The van der Waals surface area contributed by atoms with Crippen molar-refractivity contribution in [1.82, 2.24) is 0 Å². The Hall–Kier alpha value is -1.60. The minimum absolute atomic E-state index is 0.141. The number of nitrogens with two attached hydrogens (primary N) is 1. The molecule has 0 aromatic heterocycles. The summed E-state index contributed by atoms with van der Waals surface area (Å²) in [5.74, 6) is -1.02. The van der Waals surface area contributed by atoms with Gasteiger partial charge < -0.3 is 15.2 Å². The van der Waals surface area contributed by atoms with E-state index < -0.39 is 37.3 Å². The quantitative estimate of drug-likeness (QED) is 0.821. The number of hydrogen-bond donors (Lipinski definition) is 1. The van der Waals surface area contributed by atoms with Crippen LogP contribution in [0, 0.1) is 11.7 Å². The van der Waals surface area contributed by atoms with Crippen molar-refractivity contribution in [2.75, 3.05) is 6.61 Å². The van der Waals surface area contributed by atoms with Gasteiger partial charge in [-0.2, -0.15) is 0 Å². The number of hydrogen-bond acceptors (Lipinski definition) is 4. The number of ether oxygens (including phenoxy) is 2. The van der Waals surface area contributed by atoms with E-state index in [1.54, 1.807) is 19.1 Å². The van der Waals surface area contributed by atoms with Crippen LogP contribution in [-0.2, 0) is 20.7 Å². The van der Waals surface area contributed by atoms with Crippen LogP contribution in [0.2, 0.25) is 0 Å². The van der Waals surface area contributed by atoms with Gasteiger partial charge in [0.2, 0.25) is 0 Å². The summed E-state index contributed by atoms with van der Waals surface area (Å²) < 4.78 is 49.1. The van der Waals surface area contributed by atoms with E-state index in [0.29, 0.717) is 25.7 Å². The van der Waals surface area contributed by atoms with Crippen LogP contribution in [0.15, 0.2) is 24.3 Å². The van der Waals surface area contributed by atoms with Crippen molar-refractivity contribution in [2.45, 2.75) is 57.3 Å². The maximum Gasteiger partial charge on any atom is 0.323 e. The van der Waals surface area contributed by atoms with E-state index in [0.717, 1.165) is 5.56 Å². The molecule has 1 saturated heterocycles. The van der Waals surface area contributed by atoms with Crippen LogP contribution < -0.4 is 5.73 Å². The molecule has 1 aromatic rings. The number of rotatable bonds is 5. The molecule has 25 heavy (non-hydrogen) atoms. The third-order valence-corrected chi connectivity index (χ3v) is 4.45. The Morgan fingerprint density at radius 2 is 1.96 bits per heavy atom. The minimum atomic E-state index is -2.61. The molecule has 0 aliphatic carbocycles. The number of cyclic esters (lactones) is 1. The van der Waals surface area contributed by atoms with Crippen LogP contribution in [0.3, 0.4) is 0 Å². The van der Waals surface area contributed by atoms with Gasteiger partial charge in [0.15, 0.2) is 0 Å². The largest absolute Gasteiger partial charge is 0.459 e. The number of carbonyl (C=O) groups is 1. The third-order valence-electron chi connectivity index (χ3n) is 4.45. The van der Waals surface area contributed by atoms with Crippen molar-refractivity contribution in [1.29, 1.82) is 0 Å². The fraction of sp³-hybridized carbons (Fsp3) is 0.611. The average molecular weight is 359 g/mol. The predicted octanol–water partition coefficient (Wildman–Crippen LogP) is 3.08. The summed E-state index contributed by atoms with van der Waals surface area (Å²) >= 11 is 0. The second-order valence-corrected chi connectivity index (χ2v) is 6.46. The Bertz CT molecular complexity index is 553. The van der Waals surface area contributed by atoms with E-state index in [1.165, 1.54) is 12.1 Å². The maximum atomic E-state index is 13.1. The highest BCUT2D eigenvalue weighted by atomic mass is 19.3. The lowest BCUT2D eigenvalue weighted by Crippen LogP contribution is -2.41. The highest BCUT2D eigenvalue weighted by molar-refractivity contribution is 5.75. The van der Waals surface area contributed by atoms with Crippen molar-refractivity contribution in [2.24, 2.45) is 11.7 Å². The number of carbonyl (C=O) groups excluding carboxylic acids is 1.